The average Bonchev–Trinajstić information content (AvgIpc) is 3.03. The molecule has 0 unspecified atom stereocenters. The molecule has 18 heavy (non-hydrogen) atoms. The van der Waals surface area contributed by atoms with Crippen LogP contribution < -0.4 is 0 Å². The Kier molecular flexibility index (Phi) is 2.34. The minimum absolute atomic E-state index is 0.565. The molecule has 0 bridgehead atoms. The van der Waals surface area contributed by atoms with Crippen molar-refractivity contribution < 1.29 is 4.42 Å². The van der Waals surface area contributed by atoms with E-state index in [0.29, 0.717) is 22.8 Å². The maximum Gasteiger partial charge on any atom is 0.204 e. The number of rotatable bonds is 2. The molecule has 5 nitrogen and oxygen atoms in total. The van der Waals surface area contributed by atoms with Crippen LogP contribution in [0.1, 0.15) is 18.2 Å². The number of nitrogens with zero attached hydrogens (tertiary/aromatic N) is 4. The second-order valence-electron chi connectivity index (χ2n) is 3.90. The predicted molar refractivity (Wildman–Crippen MR) is 64.8 cm³/mol. The van der Waals surface area contributed by atoms with Gasteiger partial charge in [-0.2, -0.15) is 5.26 Å². The molecule has 3 aromatic rings. The molecule has 0 saturated carbocycles. The molecule has 5 heteroatoms. The Hall–Kier alpha value is -2.61. The van der Waals surface area contributed by atoms with E-state index in [0.717, 1.165) is 12.2 Å². The lowest BCUT2D eigenvalue weighted by Crippen LogP contribution is -1.88. The van der Waals surface area contributed by atoms with Crippen molar-refractivity contribution in [3.8, 4) is 17.7 Å². The third kappa shape index (κ3) is 1.55. The van der Waals surface area contributed by atoms with Crippen LogP contribution in [0.25, 0.3) is 17.2 Å². The van der Waals surface area contributed by atoms with Crippen LogP contribution in [0.15, 0.2) is 34.9 Å². The lowest BCUT2D eigenvalue weighted by atomic mass is 10.3. The monoisotopic (exact) mass is 238 g/mol. The number of fused-ring (bicyclic) bond motifs is 1. The first kappa shape index (κ1) is 10.5. The second kappa shape index (κ2) is 4.00. The molecule has 0 spiro atoms. The summed E-state index contributed by atoms with van der Waals surface area (Å²) in [7, 11) is 0. The zero-order valence-corrected chi connectivity index (χ0v) is 9.79. The Morgan fingerprint density at radius 1 is 1.33 bits per heavy atom. The molecule has 0 atom stereocenters. The lowest BCUT2D eigenvalue weighted by molar-refractivity contribution is 0.525. The molecule has 3 aromatic heterocycles. The smallest absolute Gasteiger partial charge is 0.204 e. The Labute approximate surface area is 103 Å². The Bertz CT molecular complexity index is 748. The van der Waals surface area contributed by atoms with Gasteiger partial charge in [0.25, 0.3) is 0 Å². The quantitative estimate of drug-likeness (QED) is 0.687. The zero-order valence-electron chi connectivity index (χ0n) is 9.79. The summed E-state index contributed by atoms with van der Waals surface area (Å²) in [5.74, 6) is 2.24. The molecular weight excluding hydrogens is 228 g/mol. The summed E-state index contributed by atoms with van der Waals surface area (Å²) in [5.41, 5.74) is 1.20. The van der Waals surface area contributed by atoms with Gasteiger partial charge in [0.1, 0.15) is 5.76 Å². The van der Waals surface area contributed by atoms with E-state index in [2.05, 4.69) is 16.3 Å². The molecule has 0 saturated heterocycles. The van der Waals surface area contributed by atoms with Crippen molar-refractivity contribution in [1.82, 2.24) is 14.6 Å². The van der Waals surface area contributed by atoms with E-state index < -0.39 is 0 Å². The van der Waals surface area contributed by atoms with Crippen molar-refractivity contribution in [3.63, 3.8) is 0 Å². The molecule has 0 aromatic carbocycles. The highest BCUT2D eigenvalue weighted by molar-refractivity contribution is 5.56. The van der Waals surface area contributed by atoms with Crippen molar-refractivity contribution in [3.05, 3.63) is 41.8 Å². The van der Waals surface area contributed by atoms with E-state index in [-0.39, 0.29) is 0 Å². The van der Waals surface area contributed by atoms with Crippen molar-refractivity contribution in [1.29, 1.82) is 5.26 Å². The van der Waals surface area contributed by atoms with Crippen LogP contribution in [-0.4, -0.2) is 14.6 Å². The number of hydrogen-bond acceptors (Lipinski definition) is 4. The number of furan rings is 1. The highest BCUT2D eigenvalue weighted by Gasteiger charge is 2.12. The molecule has 0 aliphatic rings. The van der Waals surface area contributed by atoms with Crippen LogP contribution in [0.3, 0.4) is 0 Å². The minimum Gasteiger partial charge on any atom is -0.458 e. The van der Waals surface area contributed by atoms with Gasteiger partial charge in [-0.25, -0.2) is 0 Å². The summed E-state index contributed by atoms with van der Waals surface area (Å²) in [6, 6.07) is 9.31. The van der Waals surface area contributed by atoms with Crippen LogP contribution >= 0.6 is 0 Å². The van der Waals surface area contributed by atoms with Gasteiger partial charge >= 0.3 is 0 Å². The van der Waals surface area contributed by atoms with Gasteiger partial charge in [-0.15, -0.1) is 10.2 Å². The highest BCUT2D eigenvalue weighted by Crippen LogP contribution is 2.21. The molecule has 0 N–H and O–H groups in total. The summed E-state index contributed by atoms with van der Waals surface area (Å²) in [4.78, 5) is 0. The van der Waals surface area contributed by atoms with Crippen LogP contribution in [0, 0.1) is 11.3 Å². The van der Waals surface area contributed by atoms with Gasteiger partial charge < -0.3 is 4.42 Å². The van der Waals surface area contributed by atoms with Gasteiger partial charge in [0.05, 0.1) is 11.6 Å². The topological polar surface area (TPSA) is 67.1 Å². The van der Waals surface area contributed by atoms with E-state index in [1.165, 1.54) is 0 Å². The third-order valence-electron chi connectivity index (χ3n) is 2.77. The van der Waals surface area contributed by atoms with E-state index in [1.54, 1.807) is 22.7 Å². The zero-order chi connectivity index (χ0) is 12.5. The van der Waals surface area contributed by atoms with Crippen LogP contribution in [0.2, 0.25) is 0 Å². The number of hydrogen-bond donors (Lipinski definition) is 0. The Balaban J connectivity index is 2.15. The summed E-state index contributed by atoms with van der Waals surface area (Å²) in [6.07, 6.45) is 2.62. The molecule has 3 heterocycles. The third-order valence-corrected chi connectivity index (χ3v) is 2.77. The largest absolute Gasteiger partial charge is 0.458 e. The lowest BCUT2D eigenvalue weighted by Gasteiger charge is -1.96. The first-order chi connectivity index (χ1) is 8.81. The number of aryl methyl sites for hydroxylation is 1. The van der Waals surface area contributed by atoms with Gasteiger partial charge in [0, 0.05) is 18.7 Å². The molecule has 3 rings (SSSR count). The number of pyridine rings is 1. The fourth-order valence-electron chi connectivity index (χ4n) is 1.82. The summed E-state index contributed by atoms with van der Waals surface area (Å²) in [5, 5.41) is 17.0. The standard InChI is InChI=1S/C13H10N4O/c1-2-10-3-4-11(18-10)13-16-15-12-7-9(8-14)5-6-17(12)13/h3-7H,2H2,1H3. The van der Waals surface area contributed by atoms with Crippen molar-refractivity contribution >= 4 is 5.65 Å². The molecule has 0 aliphatic heterocycles. The van der Waals surface area contributed by atoms with E-state index in [9.17, 15) is 0 Å². The highest BCUT2D eigenvalue weighted by atomic mass is 16.3. The van der Waals surface area contributed by atoms with Crippen LogP contribution in [0.4, 0.5) is 0 Å². The Morgan fingerprint density at radius 3 is 2.94 bits per heavy atom. The van der Waals surface area contributed by atoms with Crippen molar-refractivity contribution in [2.75, 3.05) is 0 Å². The fraction of sp³-hybridized carbons (Fsp3) is 0.154. The minimum atomic E-state index is 0.565. The number of aromatic nitrogens is 3. The first-order valence-electron chi connectivity index (χ1n) is 5.66. The summed E-state index contributed by atoms with van der Waals surface area (Å²) >= 11 is 0. The molecular formula is C13H10N4O. The van der Waals surface area contributed by atoms with Crippen LogP contribution in [-0.2, 0) is 6.42 Å². The molecule has 0 amide bonds. The van der Waals surface area contributed by atoms with Crippen molar-refractivity contribution in [2.45, 2.75) is 13.3 Å². The summed E-state index contributed by atoms with van der Waals surface area (Å²) < 4.78 is 7.46. The van der Waals surface area contributed by atoms with E-state index in [4.69, 9.17) is 9.68 Å². The molecule has 0 radical (unpaired) electrons. The first-order valence-corrected chi connectivity index (χ1v) is 5.66. The van der Waals surface area contributed by atoms with Gasteiger partial charge in [-0.1, -0.05) is 6.92 Å². The average molecular weight is 238 g/mol. The molecule has 0 aliphatic carbocycles. The van der Waals surface area contributed by atoms with E-state index >= 15 is 0 Å². The molecule has 88 valence electrons. The van der Waals surface area contributed by atoms with Gasteiger partial charge in [0.2, 0.25) is 5.82 Å². The van der Waals surface area contributed by atoms with Gasteiger partial charge in [0.15, 0.2) is 11.4 Å². The number of nitriles is 1. The maximum absolute atomic E-state index is 8.83. The van der Waals surface area contributed by atoms with E-state index in [1.807, 2.05) is 19.1 Å². The van der Waals surface area contributed by atoms with Gasteiger partial charge in [-0.05, 0) is 18.2 Å². The predicted octanol–water partition coefficient (Wildman–Crippen LogP) is 2.42. The SMILES string of the molecule is CCc1ccc(-c2nnc3cc(C#N)ccn23)o1. The fourth-order valence-corrected chi connectivity index (χ4v) is 1.82. The Morgan fingerprint density at radius 2 is 2.22 bits per heavy atom. The molecule has 0 fully saturated rings. The summed E-state index contributed by atoms with van der Waals surface area (Å²) in [6.45, 7) is 2.03. The second-order valence-corrected chi connectivity index (χ2v) is 3.90. The maximum atomic E-state index is 8.83. The normalized spacial score (nSPS) is 10.7. The van der Waals surface area contributed by atoms with Crippen LogP contribution in [0.5, 0.6) is 0 Å². The van der Waals surface area contributed by atoms with Gasteiger partial charge in [-0.3, -0.25) is 4.40 Å². The van der Waals surface area contributed by atoms with Crippen molar-refractivity contribution in [2.24, 2.45) is 0 Å².